The smallest absolute Gasteiger partial charge is 0.293 e. The summed E-state index contributed by atoms with van der Waals surface area (Å²) in [7, 11) is 0. The van der Waals surface area contributed by atoms with Crippen molar-refractivity contribution in [2.75, 3.05) is 24.6 Å². The fourth-order valence-corrected chi connectivity index (χ4v) is 2.96. The van der Waals surface area contributed by atoms with Crippen LogP contribution in [0.5, 0.6) is 5.75 Å². The van der Waals surface area contributed by atoms with Gasteiger partial charge in [-0.2, -0.15) is 0 Å². The molecule has 1 aromatic carbocycles. The summed E-state index contributed by atoms with van der Waals surface area (Å²) < 4.78 is 19.1. The minimum atomic E-state index is -0.957. The molecule has 3 rings (SSSR count). The first-order valence-electron chi connectivity index (χ1n) is 6.92. The van der Waals surface area contributed by atoms with Crippen molar-refractivity contribution < 1.29 is 19.2 Å². The summed E-state index contributed by atoms with van der Waals surface area (Å²) >= 11 is 0. The maximum absolute atomic E-state index is 13.4. The van der Waals surface area contributed by atoms with Gasteiger partial charge in [-0.3, -0.25) is 10.1 Å². The number of anilines is 1. The topological polar surface area (TPSA) is 75.8 Å². The standard InChI is InChI=1S/C14H17FN2O4/c1-14(8-18)6-9-4-12(17(19)20)11(5-13(9)21-14)16-3-2-10(15)7-16/h4-5,10,18H,2-3,6-8H2,1H3/t10-,14?/m0/s1. The Morgan fingerprint density at radius 2 is 2.38 bits per heavy atom. The second kappa shape index (κ2) is 4.84. The number of rotatable bonds is 3. The lowest BCUT2D eigenvalue weighted by Crippen LogP contribution is -2.34. The Hall–Kier alpha value is -1.89. The Morgan fingerprint density at radius 1 is 1.62 bits per heavy atom. The summed E-state index contributed by atoms with van der Waals surface area (Å²) in [6.07, 6.45) is -0.156. The van der Waals surface area contributed by atoms with E-state index in [1.807, 2.05) is 0 Å². The molecule has 2 atom stereocenters. The number of hydrogen-bond acceptors (Lipinski definition) is 5. The first-order valence-corrected chi connectivity index (χ1v) is 6.92. The number of ether oxygens (including phenoxy) is 1. The van der Waals surface area contributed by atoms with Crippen LogP contribution in [0.1, 0.15) is 18.9 Å². The largest absolute Gasteiger partial charge is 0.484 e. The number of aliphatic hydroxyl groups excluding tert-OH is 1. The minimum Gasteiger partial charge on any atom is -0.484 e. The predicted octanol–water partition coefficient (Wildman–Crippen LogP) is 1.83. The summed E-state index contributed by atoms with van der Waals surface area (Å²) in [4.78, 5) is 12.5. The van der Waals surface area contributed by atoms with E-state index < -0.39 is 16.7 Å². The van der Waals surface area contributed by atoms with E-state index in [0.717, 1.165) is 0 Å². The van der Waals surface area contributed by atoms with Gasteiger partial charge >= 0.3 is 0 Å². The van der Waals surface area contributed by atoms with Crippen LogP contribution in [-0.4, -0.2) is 41.5 Å². The van der Waals surface area contributed by atoms with Crippen LogP contribution in [0.3, 0.4) is 0 Å². The van der Waals surface area contributed by atoms with Crippen molar-refractivity contribution in [1.82, 2.24) is 0 Å². The monoisotopic (exact) mass is 296 g/mol. The fourth-order valence-electron chi connectivity index (χ4n) is 2.96. The lowest BCUT2D eigenvalue weighted by atomic mass is 9.99. The van der Waals surface area contributed by atoms with Gasteiger partial charge in [0, 0.05) is 37.2 Å². The molecule has 7 heteroatoms. The van der Waals surface area contributed by atoms with Crippen LogP contribution in [0.2, 0.25) is 0 Å². The fraction of sp³-hybridized carbons (Fsp3) is 0.571. The number of hydrogen-bond donors (Lipinski definition) is 1. The molecule has 2 heterocycles. The van der Waals surface area contributed by atoms with E-state index in [4.69, 9.17) is 4.74 Å². The van der Waals surface area contributed by atoms with Crippen molar-refractivity contribution in [2.45, 2.75) is 31.5 Å². The second-order valence-corrected chi connectivity index (χ2v) is 5.92. The first kappa shape index (κ1) is 14.1. The molecular formula is C14H17FN2O4. The van der Waals surface area contributed by atoms with Crippen LogP contribution in [-0.2, 0) is 6.42 Å². The molecule has 1 saturated heterocycles. The SMILES string of the molecule is CC1(CO)Cc2cc([N+](=O)[O-])c(N3CC[C@H](F)C3)cc2O1. The van der Waals surface area contributed by atoms with Gasteiger partial charge in [-0.25, -0.2) is 4.39 Å². The van der Waals surface area contributed by atoms with Gasteiger partial charge in [0.25, 0.3) is 5.69 Å². The number of alkyl halides is 1. The van der Waals surface area contributed by atoms with E-state index in [1.165, 1.54) is 6.07 Å². The summed E-state index contributed by atoms with van der Waals surface area (Å²) in [6.45, 7) is 2.21. The molecular weight excluding hydrogens is 279 g/mol. The zero-order valence-corrected chi connectivity index (χ0v) is 11.7. The normalized spacial score (nSPS) is 27.6. The van der Waals surface area contributed by atoms with Crippen LogP contribution >= 0.6 is 0 Å². The Labute approximate surface area is 121 Å². The predicted molar refractivity (Wildman–Crippen MR) is 74.6 cm³/mol. The van der Waals surface area contributed by atoms with E-state index in [2.05, 4.69) is 0 Å². The summed E-state index contributed by atoms with van der Waals surface area (Å²) in [5.74, 6) is 0.537. The van der Waals surface area contributed by atoms with Crippen molar-refractivity contribution >= 4 is 11.4 Å². The van der Waals surface area contributed by atoms with Gasteiger partial charge in [0.05, 0.1) is 11.5 Å². The number of benzene rings is 1. The molecule has 6 nitrogen and oxygen atoms in total. The maximum Gasteiger partial charge on any atom is 0.293 e. The van der Waals surface area contributed by atoms with Crippen LogP contribution in [0.25, 0.3) is 0 Å². The van der Waals surface area contributed by atoms with Crippen molar-refractivity contribution in [2.24, 2.45) is 0 Å². The first-order chi connectivity index (χ1) is 9.92. The van der Waals surface area contributed by atoms with Crippen molar-refractivity contribution in [3.63, 3.8) is 0 Å². The summed E-state index contributed by atoms with van der Waals surface area (Å²) in [6, 6.07) is 3.09. The lowest BCUT2D eigenvalue weighted by Gasteiger charge is -2.21. The van der Waals surface area contributed by atoms with Crippen LogP contribution in [0, 0.1) is 10.1 Å². The molecule has 114 valence electrons. The molecule has 21 heavy (non-hydrogen) atoms. The Morgan fingerprint density at radius 3 is 2.95 bits per heavy atom. The van der Waals surface area contributed by atoms with Gasteiger partial charge in [-0.1, -0.05) is 0 Å². The third kappa shape index (κ3) is 2.42. The molecule has 0 amide bonds. The minimum absolute atomic E-state index is 0.0337. The summed E-state index contributed by atoms with van der Waals surface area (Å²) in [5, 5.41) is 20.7. The van der Waals surface area contributed by atoms with E-state index in [9.17, 15) is 19.6 Å². The number of halogens is 1. The molecule has 1 unspecified atom stereocenters. The number of fused-ring (bicyclic) bond motifs is 1. The summed E-state index contributed by atoms with van der Waals surface area (Å²) in [5.41, 5.74) is 0.315. The molecule has 1 N–H and O–H groups in total. The zero-order chi connectivity index (χ0) is 15.2. The second-order valence-electron chi connectivity index (χ2n) is 5.92. The van der Waals surface area contributed by atoms with Gasteiger partial charge in [0.1, 0.15) is 23.2 Å². The van der Waals surface area contributed by atoms with Crippen molar-refractivity contribution in [3.05, 3.63) is 27.8 Å². The van der Waals surface area contributed by atoms with E-state index >= 15 is 0 Å². The lowest BCUT2D eigenvalue weighted by molar-refractivity contribution is -0.384. The van der Waals surface area contributed by atoms with Crippen molar-refractivity contribution in [3.8, 4) is 5.75 Å². The van der Waals surface area contributed by atoms with E-state index in [0.29, 0.717) is 36.4 Å². The highest BCUT2D eigenvalue weighted by molar-refractivity contribution is 5.69. The Kier molecular flexibility index (Phi) is 3.24. The van der Waals surface area contributed by atoms with Gasteiger partial charge in [0.2, 0.25) is 0 Å². The maximum atomic E-state index is 13.4. The highest BCUT2D eigenvalue weighted by Gasteiger charge is 2.37. The highest BCUT2D eigenvalue weighted by Crippen LogP contribution is 2.43. The zero-order valence-electron chi connectivity index (χ0n) is 11.7. The van der Waals surface area contributed by atoms with Gasteiger partial charge < -0.3 is 14.7 Å². The molecule has 0 aromatic heterocycles. The van der Waals surface area contributed by atoms with Crippen LogP contribution in [0.4, 0.5) is 15.8 Å². The Balaban J connectivity index is 2.01. The molecule has 0 bridgehead atoms. The van der Waals surface area contributed by atoms with E-state index in [1.54, 1.807) is 17.9 Å². The van der Waals surface area contributed by atoms with Gasteiger partial charge in [0.15, 0.2) is 0 Å². The molecule has 0 aliphatic carbocycles. The van der Waals surface area contributed by atoms with Gasteiger partial charge in [-0.15, -0.1) is 0 Å². The van der Waals surface area contributed by atoms with Gasteiger partial charge in [-0.05, 0) is 13.3 Å². The average molecular weight is 296 g/mol. The van der Waals surface area contributed by atoms with Crippen LogP contribution in [0.15, 0.2) is 12.1 Å². The van der Waals surface area contributed by atoms with E-state index in [-0.39, 0.29) is 18.8 Å². The quantitative estimate of drug-likeness (QED) is 0.680. The molecule has 0 spiro atoms. The molecule has 0 radical (unpaired) electrons. The molecule has 1 aromatic rings. The highest BCUT2D eigenvalue weighted by atomic mass is 19.1. The number of aliphatic hydroxyl groups is 1. The molecule has 0 saturated carbocycles. The number of nitro benzene ring substituents is 1. The number of nitro groups is 1. The third-order valence-corrected chi connectivity index (χ3v) is 4.08. The molecule has 1 fully saturated rings. The number of nitrogens with zero attached hydrogens (tertiary/aromatic N) is 2. The Bertz CT molecular complexity index is 595. The average Bonchev–Trinajstić information content (AvgIpc) is 3.00. The third-order valence-electron chi connectivity index (χ3n) is 4.08. The molecule has 2 aliphatic rings. The van der Waals surface area contributed by atoms with Crippen LogP contribution < -0.4 is 9.64 Å². The molecule has 2 aliphatic heterocycles. The van der Waals surface area contributed by atoms with Crippen molar-refractivity contribution in [1.29, 1.82) is 0 Å².